The van der Waals surface area contributed by atoms with Crippen molar-refractivity contribution >= 4 is 29.6 Å². The van der Waals surface area contributed by atoms with Crippen LogP contribution in [0.25, 0.3) is 0 Å². The van der Waals surface area contributed by atoms with E-state index >= 15 is 0 Å². The van der Waals surface area contributed by atoms with Gasteiger partial charge >= 0.3 is 12.1 Å². The first-order valence-electron chi connectivity index (χ1n) is 22.4. The zero-order chi connectivity index (χ0) is 48.4. The van der Waals surface area contributed by atoms with Crippen LogP contribution in [-0.4, -0.2) is 169 Å². The van der Waals surface area contributed by atoms with Crippen LogP contribution in [0.5, 0.6) is 0 Å². The molecule has 0 aliphatic carbocycles. The van der Waals surface area contributed by atoms with Crippen LogP contribution in [0.4, 0.5) is 15.3 Å². The summed E-state index contributed by atoms with van der Waals surface area (Å²) < 4.78 is 56.3. The highest BCUT2D eigenvalue weighted by molar-refractivity contribution is 5.98. The van der Waals surface area contributed by atoms with Crippen molar-refractivity contribution < 1.29 is 66.5 Å². The lowest BCUT2D eigenvalue weighted by Gasteiger charge is -2.27. The van der Waals surface area contributed by atoms with Crippen LogP contribution in [0, 0.1) is 12.8 Å². The van der Waals surface area contributed by atoms with Gasteiger partial charge in [-0.25, -0.2) is 14.3 Å². The third-order valence-electron chi connectivity index (χ3n) is 9.06. The molecule has 0 aliphatic rings. The number of nitrogens with zero attached hydrogens (tertiary/aromatic N) is 3. The maximum atomic E-state index is 13.6. The normalized spacial score (nSPS) is 12.5. The van der Waals surface area contributed by atoms with Gasteiger partial charge < -0.3 is 74.4 Å². The first-order chi connectivity index (χ1) is 31.7. The lowest BCUT2D eigenvalue weighted by molar-refractivity contribution is -0.128. The Balaban J connectivity index is 1.66. The van der Waals surface area contributed by atoms with Crippen molar-refractivity contribution in [2.45, 2.75) is 91.8 Å². The van der Waals surface area contributed by atoms with Gasteiger partial charge in [-0.15, -0.1) is 5.10 Å². The van der Waals surface area contributed by atoms with E-state index in [2.05, 4.69) is 31.6 Å². The number of ether oxygens (including phenoxy) is 10. The van der Waals surface area contributed by atoms with E-state index in [-0.39, 0.29) is 32.1 Å². The highest BCUT2D eigenvalue weighted by Gasteiger charge is 2.30. The van der Waals surface area contributed by atoms with Gasteiger partial charge in [0.15, 0.2) is 0 Å². The van der Waals surface area contributed by atoms with Gasteiger partial charge in [0.1, 0.15) is 23.4 Å². The molecule has 2 atom stereocenters. The summed E-state index contributed by atoms with van der Waals surface area (Å²) in [6, 6.07) is 2.73. The number of rotatable bonds is 38. The molecule has 0 saturated heterocycles. The van der Waals surface area contributed by atoms with E-state index in [1.165, 1.54) is 0 Å². The van der Waals surface area contributed by atoms with Crippen molar-refractivity contribution in [3.63, 3.8) is 0 Å². The van der Waals surface area contributed by atoms with E-state index in [1.54, 1.807) is 64.7 Å². The number of benzene rings is 1. The van der Waals surface area contributed by atoms with Gasteiger partial charge in [0.2, 0.25) is 11.8 Å². The number of anilines is 1. The fourth-order valence-electron chi connectivity index (χ4n) is 5.65. The SMILES string of the molecule is COCCOCCOCCOCCOCCOCCOCCOCCn1cc(COCc2cc(NC(=O)[C@H](CCCNC(N)=O)NC(=O)[C@@H](NC(=O)OC(C)(C)C)C(C)C)ccc2C)nn1. The monoisotopic (exact) mass is 941 g/mol. The Bertz CT molecular complexity index is 1640. The lowest BCUT2D eigenvalue weighted by atomic mass is 10.0. The first kappa shape index (κ1) is 57.6. The summed E-state index contributed by atoms with van der Waals surface area (Å²) in [4.78, 5) is 50.7. The molecule has 22 nitrogen and oxygen atoms in total. The largest absolute Gasteiger partial charge is 0.444 e. The summed E-state index contributed by atoms with van der Waals surface area (Å²) in [6.45, 7) is 19.1. The smallest absolute Gasteiger partial charge is 0.408 e. The van der Waals surface area contributed by atoms with Crippen molar-refractivity contribution in [1.29, 1.82) is 0 Å². The number of primary amides is 1. The number of aryl methyl sites for hydroxylation is 1. The second-order valence-corrected chi connectivity index (χ2v) is 16.2. The Morgan fingerprint density at radius 3 is 1.79 bits per heavy atom. The number of hydrogen-bond donors (Lipinski definition) is 5. The number of nitrogens with two attached hydrogens (primary N) is 1. The summed E-state index contributed by atoms with van der Waals surface area (Å²) in [5, 5.41) is 19.1. The van der Waals surface area contributed by atoms with Gasteiger partial charge in [-0.2, -0.15) is 0 Å². The summed E-state index contributed by atoms with van der Waals surface area (Å²) >= 11 is 0. The van der Waals surface area contributed by atoms with Crippen LogP contribution in [0.1, 0.15) is 64.3 Å². The predicted molar refractivity (Wildman–Crippen MR) is 243 cm³/mol. The second-order valence-electron chi connectivity index (χ2n) is 16.2. The average Bonchev–Trinajstić information content (AvgIpc) is 3.71. The molecule has 0 bridgehead atoms. The number of nitrogens with one attached hydrogen (secondary N) is 4. The summed E-state index contributed by atoms with van der Waals surface area (Å²) in [7, 11) is 1.64. The van der Waals surface area contributed by atoms with E-state index in [4.69, 9.17) is 53.1 Å². The van der Waals surface area contributed by atoms with Gasteiger partial charge in [-0.1, -0.05) is 25.1 Å². The van der Waals surface area contributed by atoms with Crippen LogP contribution in [-0.2, 0) is 76.7 Å². The zero-order valence-electron chi connectivity index (χ0n) is 40.0. The maximum Gasteiger partial charge on any atom is 0.408 e. The molecule has 66 heavy (non-hydrogen) atoms. The predicted octanol–water partition coefficient (Wildman–Crippen LogP) is 2.49. The van der Waals surface area contributed by atoms with E-state index < -0.39 is 41.6 Å². The van der Waals surface area contributed by atoms with Crippen LogP contribution < -0.4 is 27.0 Å². The molecule has 0 spiro atoms. The Hall–Kier alpha value is -4.52. The molecule has 2 rings (SSSR count). The molecule has 0 unspecified atom stereocenters. The number of carbonyl (C=O) groups excluding carboxylic acids is 4. The molecule has 0 aliphatic heterocycles. The number of methoxy groups -OCH3 is 1. The third-order valence-corrected chi connectivity index (χ3v) is 9.06. The van der Waals surface area contributed by atoms with Gasteiger partial charge in [-0.05, 0) is 69.7 Å². The highest BCUT2D eigenvalue weighted by atomic mass is 16.6. The number of amides is 5. The molecule has 0 radical (unpaired) electrons. The van der Waals surface area contributed by atoms with Crippen LogP contribution in [0.2, 0.25) is 0 Å². The number of hydrogen-bond acceptors (Lipinski definition) is 16. The van der Waals surface area contributed by atoms with Crippen molar-refractivity contribution in [2.75, 3.05) is 118 Å². The third kappa shape index (κ3) is 28.5. The van der Waals surface area contributed by atoms with Gasteiger partial charge in [-0.3, -0.25) is 9.59 Å². The van der Waals surface area contributed by atoms with Crippen molar-refractivity contribution in [2.24, 2.45) is 11.7 Å². The molecule has 0 fully saturated rings. The molecule has 1 aromatic carbocycles. The Kier molecular flexibility index (Phi) is 30.3. The number of alkyl carbamates (subject to hydrolysis) is 1. The number of carbonyl (C=O) groups is 4. The Labute approximate surface area is 389 Å². The Morgan fingerprint density at radius 1 is 0.727 bits per heavy atom. The molecular weight excluding hydrogens is 865 g/mol. The topological polar surface area (TPSA) is 265 Å². The molecule has 376 valence electrons. The van der Waals surface area contributed by atoms with Crippen LogP contribution in [0.3, 0.4) is 0 Å². The quantitative estimate of drug-likeness (QED) is 0.0606. The summed E-state index contributed by atoms with van der Waals surface area (Å²) in [5.41, 5.74) is 7.33. The molecule has 5 amide bonds. The van der Waals surface area contributed by atoms with E-state index in [9.17, 15) is 19.2 Å². The minimum absolute atomic E-state index is 0.177. The standard InChI is InChI=1S/C44H76N8O14/c1-33(2)39(49-43(56)66-44(4,5)6)41(54)48-38(9-8-12-46-42(45)55)40(53)47-36-11-10-34(3)35(29-36)31-65-32-37-30-52(51-50-37)13-14-58-17-18-60-21-22-62-25-26-64-28-27-63-24-23-61-20-19-59-16-15-57-7/h10-11,29-30,33,38-39H,8-9,12-28,31-32H2,1-7H3,(H,47,53)(H,48,54)(H,49,56)(H3,45,46,55)/t38-,39-/m0/s1. The minimum Gasteiger partial charge on any atom is -0.444 e. The van der Waals surface area contributed by atoms with Crippen molar-refractivity contribution in [3.05, 3.63) is 41.2 Å². The zero-order valence-corrected chi connectivity index (χ0v) is 40.0. The fraction of sp³-hybridized carbons (Fsp3) is 0.727. The molecular formula is C44H76N8O14. The Morgan fingerprint density at radius 2 is 1.27 bits per heavy atom. The van der Waals surface area contributed by atoms with Gasteiger partial charge in [0, 0.05) is 19.3 Å². The molecule has 1 heterocycles. The number of urea groups is 1. The highest BCUT2D eigenvalue weighted by Crippen LogP contribution is 2.18. The molecule has 22 heteroatoms. The summed E-state index contributed by atoms with van der Waals surface area (Å²) in [6.07, 6.45) is 1.55. The van der Waals surface area contributed by atoms with Gasteiger partial charge in [0.05, 0.1) is 125 Å². The molecule has 1 aromatic heterocycles. The van der Waals surface area contributed by atoms with Gasteiger partial charge in [0.25, 0.3) is 0 Å². The minimum atomic E-state index is -1.00. The molecule has 6 N–H and O–H groups in total. The number of aromatic nitrogens is 3. The maximum absolute atomic E-state index is 13.6. The van der Waals surface area contributed by atoms with Crippen LogP contribution >= 0.6 is 0 Å². The van der Waals surface area contributed by atoms with Crippen molar-refractivity contribution in [1.82, 2.24) is 30.9 Å². The second kappa shape index (κ2) is 34.7. The average molecular weight is 941 g/mol. The lowest BCUT2D eigenvalue weighted by Crippen LogP contribution is -2.55. The van der Waals surface area contributed by atoms with Crippen molar-refractivity contribution in [3.8, 4) is 0 Å². The van der Waals surface area contributed by atoms with E-state index in [0.717, 1.165) is 11.1 Å². The first-order valence-corrected chi connectivity index (χ1v) is 22.4. The van der Waals surface area contributed by atoms with Crippen LogP contribution in [0.15, 0.2) is 24.4 Å². The van der Waals surface area contributed by atoms with E-state index in [1.807, 2.05) is 13.0 Å². The fourth-order valence-corrected chi connectivity index (χ4v) is 5.65. The molecule has 2 aromatic rings. The van der Waals surface area contributed by atoms with E-state index in [0.29, 0.717) is 123 Å². The molecule has 0 saturated carbocycles. The summed E-state index contributed by atoms with van der Waals surface area (Å²) in [5.74, 6) is -1.36.